The smallest absolute Gasteiger partial charge is 0.356 e. The van der Waals surface area contributed by atoms with Gasteiger partial charge in [0, 0.05) is 18.3 Å². The Labute approximate surface area is 144 Å². The van der Waals surface area contributed by atoms with Crippen molar-refractivity contribution in [2.45, 2.75) is 20.1 Å². The Balaban J connectivity index is 0.000000257. The Morgan fingerprint density at radius 2 is 1.44 bits per heavy atom. The summed E-state index contributed by atoms with van der Waals surface area (Å²) < 4.78 is 4.46. The molecule has 2 aromatic heterocycles. The minimum Gasteiger partial charge on any atom is -0.464 e. The Kier molecular flexibility index (Phi) is 7.44. The lowest BCUT2D eigenvalue weighted by atomic mass is 10.2. The quantitative estimate of drug-likeness (QED) is 0.449. The second kappa shape index (κ2) is 9.30. The maximum absolute atomic E-state index is 11.1. The molecule has 0 aliphatic rings. The molecule has 0 fully saturated rings. The number of ether oxygens (including phenoxy) is 1. The summed E-state index contributed by atoms with van der Waals surface area (Å²) in [6.45, 7) is 1.04. The molecular weight excluding hydrogens is 328 g/mol. The van der Waals surface area contributed by atoms with Crippen LogP contribution in [0.5, 0.6) is 0 Å². The van der Waals surface area contributed by atoms with Gasteiger partial charge in [-0.2, -0.15) is 0 Å². The number of nitrogens with zero attached hydrogens (tertiary/aromatic N) is 2. The van der Waals surface area contributed by atoms with Gasteiger partial charge in [0.25, 0.3) is 0 Å². The number of Topliss-reactive ketones (excluding diaryl/α,β-unsaturated/α-hetero) is 1. The van der Waals surface area contributed by atoms with E-state index in [2.05, 4.69) is 14.7 Å². The molecule has 0 aliphatic carbocycles. The highest BCUT2D eigenvalue weighted by Crippen LogP contribution is 2.09. The molecule has 0 saturated heterocycles. The van der Waals surface area contributed by atoms with E-state index < -0.39 is 5.97 Å². The van der Waals surface area contributed by atoms with Crippen LogP contribution in [0.3, 0.4) is 0 Å². The molecule has 25 heavy (non-hydrogen) atoms. The van der Waals surface area contributed by atoms with Crippen LogP contribution >= 0.6 is 0 Å². The average Bonchev–Trinajstić information content (AvgIpc) is 2.60. The fourth-order valence-corrected chi connectivity index (χ4v) is 1.78. The van der Waals surface area contributed by atoms with E-state index >= 15 is 0 Å². The van der Waals surface area contributed by atoms with Crippen LogP contribution in [0.4, 0.5) is 11.4 Å². The summed E-state index contributed by atoms with van der Waals surface area (Å²) in [6.07, 6.45) is 0. The average molecular weight is 348 g/mol. The summed E-state index contributed by atoms with van der Waals surface area (Å²) in [6, 6.07) is 5.91. The van der Waals surface area contributed by atoms with E-state index in [0.717, 1.165) is 0 Å². The highest BCUT2D eigenvalue weighted by atomic mass is 16.5. The van der Waals surface area contributed by atoms with Gasteiger partial charge in [-0.05, 0) is 24.3 Å². The second-order valence-electron chi connectivity index (χ2n) is 4.92. The number of aliphatic hydroxyl groups excluding tert-OH is 2. The third-order valence-electron chi connectivity index (χ3n) is 2.88. The number of hydrogen-bond acceptors (Lipinski definition) is 9. The van der Waals surface area contributed by atoms with Crippen molar-refractivity contribution in [1.29, 1.82) is 0 Å². The fourth-order valence-electron chi connectivity index (χ4n) is 1.78. The Bertz CT molecular complexity index is 742. The molecule has 0 saturated carbocycles. The molecular formula is C16H20N4O5. The van der Waals surface area contributed by atoms with Gasteiger partial charge >= 0.3 is 5.97 Å². The molecule has 134 valence electrons. The number of nitrogens with two attached hydrogens (primary N) is 2. The molecule has 0 unspecified atom stereocenters. The number of methoxy groups -OCH3 is 1. The van der Waals surface area contributed by atoms with Gasteiger partial charge in [0.05, 0.1) is 31.7 Å². The largest absolute Gasteiger partial charge is 0.464 e. The third kappa shape index (κ3) is 6.16. The monoisotopic (exact) mass is 348 g/mol. The molecule has 9 heteroatoms. The van der Waals surface area contributed by atoms with Gasteiger partial charge in [0.15, 0.2) is 11.5 Å². The molecule has 0 radical (unpaired) electrons. The Morgan fingerprint density at radius 1 is 0.960 bits per heavy atom. The van der Waals surface area contributed by atoms with Crippen LogP contribution in [0.2, 0.25) is 0 Å². The first-order valence-electron chi connectivity index (χ1n) is 7.14. The zero-order chi connectivity index (χ0) is 19.0. The molecule has 0 aliphatic heterocycles. The van der Waals surface area contributed by atoms with E-state index in [9.17, 15) is 9.59 Å². The number of carbonyl (C=O) groups excluding carboxylic acids is 2. The summed E-state index contributed by atoms with van der Waals surface area (Å²) in [4.78, 5) is 29.8. The summed E-state index contributed by atoms with van der Waals surface area (Å²) >= 11 is 0. The van der Waals surface area contributed by atoms with Crippen molar-refractivity contribution in [3.8, 4) is 0 Å². The maximum Gasteiger partial charge on any atom is 0.356 e. The molecule has 0 bridgehead atoms. The summed E-state index contributed by atoms with van der Waals surface area (Å²) in [5.41, 5.74) is 12.9. The number of rotatable bonds is 4. The third-order valence-corrected chi connectivity index (χ3v) is 2.88. The highest BCUT2D eigenvalue weighted by Gasteiger charge is 2.11. The van der Waals surface area contributed by atoms with Crippen LogP contribution < -0.4 is 11.5 Å². The first-order valence-corrected chi connectivity index (χ1v) is 7.14. The van der Waals surface area contributed by atoms with Crippen molar-refractivity contribution in [3.63, 3.8) is 0 Å². The number of nitrogen functional groups attached to an aromatic ring is 2. The molecule has 2 heterocycles. The van der Waals surface area contributed by atoms with Gasteiger partial charge in [-0.25, -0.2) is 9.78 Å². The molecule has 0 atom stereocenters. The van der Waals surface area contributed by atoms with Crippen molar-refractivity contribution in [1.82, 2.24) is 9.97 Å². The van der Waals surface area contributed by atoms with E-state index in [1.54, 1.807) is 12.1 Å². The molecule has 6 N–H and O–H groups in total. The van der Waals surface area contributed by atoms with Crippen molar-refractivity contribution in [2.24, 2.45) is 0 Å². The van der Waals surface area contributed by atoms with Crippen LogP contribution in [0.25, 0.3) is 0 Å². The molecule has 0 amide bonds. The predicted octanol–water partition coefficient (Wildman–Crippen LogP) is 0.301. The van der Waals surface area contributed by atoms with E-state index in [1.807, 2.05) is 0 Å². The Hall–Kier alpha value is -3.04. The molecule has 0 aromatic carbocycles. The van der Waals surface area contributed by atoms with Crippen molar-refractivity contribution in [3.05, 3.63) is 47.0 Å². The number of ketones is 1. The normalized spacial score (nSPS) is 9.76. The Morgan fingerprint density at radius 3 is 1.88 bits per heavy atom. The number of carbonyl (C=O) groups is 2. The standard InChI is InChI=1S/C9H10N2O3.C7H10N2O2/c1-5(12)7-3-6(10)4-8(11-7)9(13)14-2;8-5-1-6(3-10)9-7(2-5)4-11/h3-4H,1-2H3,(H2,10,11);1-2,10-11H,3-4H2,(H2,8,9). The molecule has 0 spiro atoms. The minimum absolute atomic E-state index is 0.0395. The van der Waals surface area contributed by atoms with Crippen LogP contribution in [0.1, 0.15) is 39.3 Å². The number of esters is 1. The van der Waals surface area contributed by atoms with Gasteiger partial charge in [-0.15, -0.1) is 0 Å². The molecule has 9 nitrogen and oxygen atoms in total. The van der Waals surface area contributed by atoms with E-state index in [0.29, 0.717) is 22.8 Å². The summed E-state index contributed by atoms with van der Waals surface area (Å²) in [5.74, 6) is -0.859. The minimum atomic E-state index is -0.611. The van der Waals surface area contributed by atoms with Crippen LogP contribution in [-0.4, -0.2) is 39.0 Å². The van der Waals surface area contributed by atoms with Crippen molar-refractivity contribution >= 4 is 23.1 Å². The first-order chi connectivity index (χ1) is 11.8. The first kappa shape index (κ1) is 20.0. The number of anilines is 2. The summed E-state index contributed by atoms with van der Waals surface area (Å²) in [5, 5.41) is 17.4. The van der Waals surface area contributed by atoms with Crippen LogP contribution in [0.15, 0.2) is 24.3 Å². The van der Waals surface area contributed by atoms with Crippen molar-refractivity contribution < 1.29 is 24.5 Å². The second-order valence-corrected chi connectivity index (χ2v) is 4.92. The van der Waals surface area contributed by atoms with E-state index in [4.69, 9.17) is 21.7 Å². The number of pyridine rings is 2. The lowest BCUT2D eigenvalue weighted by Gasteiger charge is -2.02. The predicted molar refractivity (Wildman–Crippen MR) is 90.5 cm³/mol. The van der Waals surface area contributed by atoms with Gasteiger partial charge in [0.2, 0.25) is 0 Å². The SMILES string of the molecule is COC(=O)c1cc(N)cc(C(C)=O)n1.Nc1cc(CO)nc(CO)c1. The van der Waals surface area contributed by atoms with Crippen molar-refractivity contribution in [2.75, 3.05) is 18.6 Å². The lowest BCUT2D eigenvalue weighted by molar-refractivity contribution is 0.0594. The van der Waals surface area contributed by atoms with Crippen LogP contribution in [-0.2, 0) is 18.0 Å². The summed E-state index contributed by atoms with van der Waals surface area (Å²) in [7, 11) is 1.24. The zero-order valence-corrected chi connectivity index (χ0v) is 13.9. The highest BCUT2D eigenvalue weighted by molar-refractivity contribution is 5.95. The van der Waals surface area contributed by atoms with Gasteiger partial charge in [0.1, 0.15) is 5.69 Å². The van der Waals surface area contributed by atoms with E-state index in [1.165, 1.54) is 26.2 Å². The lowest BCUT2D eigenvalue weighted by Crippen LogP contribution is -2.09. The zero-order valence-electron chi connectivity index (χ0n) is 13.9. The topological polar surface area (TPSA) is 162 Å². The fraction of sp³-hybridized carbons (Fsp3) is 0.250. The van der Waals surface area contributed by atoms with Gasteiger partial charge in [-0.1, -0.05) is 0 Å². The number of aromatic nitrogens is 2. The molecule has 2 aromatic rings. The van der Waals surface area contributed by atoms with Crippen LogP contribution in [0, 0.1) is 0 Å². The number of aliphatic hydroxyl groups is 2. The van der Waals surface area contributed by atoms with Gasteiger partial charge in [-0.3, -0.25) is 9.78 Å². The van der Waals surface area contributed by atoms with E-state index in [-0.39, 0.29) is 30.4 Å². The van der Waals surface area contributed by atoms with Gasteiger partial charge < -0.3 is 26.4 Å². The molecule has 2 rings (SSSR count). The maximum atomic E-state index is 11.1. The number of hydrogen-bond donors (Lipinski definition) is 4.